The highest BCUT2D eigenvalue weighted by Crippen LogP contribution is 2.17. The van der Waals surface area contributed by atoms with Gasteiger partial charge in [-0.05, 0) is 24.3 Å². The molecule has 0 fully saturated rings. The van der Waals surface area contributed by atoms with Crippen LogP contribution in [0.1, 0.15) is 36.9 Å². The van der Waals surface area contributed by atoms with Crippen molar-refractivity contribution in [3.63, 3.8) is 0 Å². The summed E-state index contributed by atoms with van der Waals surface area (Å²) < 4.78 is 0. The molecule has 0 radical (unpaired) electrons. The summed E-state index contributed by atoms with van der Waals surface area (Å²) in [5, 5.41) is 5.81. The van der Waals surface area contributed by atoms with E-state index in [1.807, 2.05) is 11.6 Å². The van der Waals surface area contributed by atoms with E-state index in [0.717, 1.165) is 16.5 Å². The highest BCUT2D eigenvalue weighted by Gasteiger charge is 2.13. The van der Waals surface area contributed by atoms with E-state index in [2.05, 4.69) is 24.1 Å². The molecule has 6 heteroatoms. The average molecular weight is 287 g/mol. The summed E-state index contributed by atoms with van der Waals surface area (Å²) in [7, 11) is 0. The zero-order chi connectivity index (χ0) is 13.5. The monoisotopic (exact) mass is 287 g/mol. The molecule has 4 nitrogen and oxygen atoms in total. The van der Waals surface area contributed by atoms with Crippen LogP contribution in [0.2, 0.25) is 0 Å². The first kappa shape index (κ1) is 15.5. The van der Waals surface area contributed by atoms with E-state index < -0.39 is 6.04 Å². The molecule has 1 rings (SSSR count). The fourth-order valence-electron chi connectivity index (χ4n) is 1.34. The lowest BCUT2D eigenvalue weighted by Gasteiger charge is -2.10. The summed E-state index contributed by atoms with van der Waals surface area (Å²) in [6, 6.07) is -0.415. The number of nitrogens with two attached hydrogens (primary N) is 1. The van der Waals surface area contributed by atoms with Gasteiger partial charge >= 0.3 is 0 Å². The fourth-order valence-corrected chi connectivity index (χ4v) is 2.73. The number of thiazole rings is 1. The number of aromatic nitrogens is 1. The van der Waals surface area contributed by atoms with Crippen LogP contribution in [0.4, 0.5) is 0 Å². The molecule has 0 aliphatic carbocycles. The predicted molar refractivity (Wildman–Crippen MR) is 79.0 cm³/mol. The molecule has 0 spiro atoms. The number of nitrogens with zero attached hydrogens (tertiary/aromatic N) is 1. The minimum absolute atomic E-state index is 0.0923. The van der Waals surface area contributed by atoms with E-state index in [-0.39, 0.29) is 5.91 Å². The van der Waals surface area contributed by atoms with Crippen molar-refractivity contribution < 1.29 is 4.79 Å². The first-order chi connectivity index (χ1) is 8.54. The minimum Gasteiger partial charge on any atom is -0.348 e. The summed E-state index contributed by atoms with van der Waals surface area (Å²) >= 11 is 3.28. The van der Waals surface area contributed by atoms with Gasteiger partial charge in [0, 0.05) is 5.38 Å². The lowest BCUT2D eigenvalue weighted by atomic mass is 10.2. The molecule has 0 saturated heterocycles. The van der Waals surface area contributed by atoms with Crippen LogP contribution in [-0.2, 0) is 11.3 Å². The Balaban J connectivity index is 2.37. The van der Waals surface area contributed by atoms with Gasteiger partial charge in [-0.1, -0.05) is 13.8 Å². The summed E-state index contributed by atoms with van der Waals surface area (Å²) in [6.45, 7) is 4.69. The quantitative estimate of drug-likeness (QED) is 0.804. The maximum Gasteiger partial charge on any atom is 0.237 e. The van der Waals surface area contributed by atoms with E-state index >= 15 is 0 Å². The normalized spacial score (nSPS) is 12.7. The van der Waals surface area contributed by atoms with Crippen LogP contribution < -0.4 is 11.1 Å². The third-order valence-corrected chi connectivity index (χ3v) is 4.06. The zero-order valence-corrected chi connectivity index (χ0v) is 12.7. The van der Waals surface area contributed by atoms with Gasteiger partial charge in [-0.3, -0.25) is 4.79 Å². The van der Waals surface area contributed by atoms with Gasteiger partial charge in [0.15, 0.2) is 0 Å². The molecule has 1 aromatic heterocycles. The third-order valence-electron chi connectivity index (χ3n) is 2.54. The molecule has 0 bridgehead atoms. The molecule has 0 aliphatic heterocycles. The van der Waals surface area contributed by atoms with Crippen molar-refractivity contribution in [2.24, 2.45) is 5.73 Å². The van der Waals surface area contributed by atoms with Crippen LogP contribution in [0.15, 0.2) is 5.38 Å². The molecular weight excluding hydrogens is 266 g/mol. The minimum atomic E-state index is -0.415. The van der Waals surface area contributed by atoms with Crippen molar-refractivity contribution >= 4 is 29.0 Å². The van der Waals surface area contributed by atoms with E-state index in [1.54, 1.807) is 23.1 Å². The van der Waals surface area contributed by atoms with Crippen LogP contribution >= 0.6 is 23.1 Å². The molecule has 18 heavy (non-hydrogen) atoms. The fraction of sp³-hybridized carbons (Fsp3) is 0.667. The molecule has 0 saturated carbocycles. The number of amides is 1. The molecular formula is C12H21N3OS2. The van der Waals surface area contributed by atoms with Crippen LogP contribution in [0.3, 0.4) is 0 Å². The Morgan fingerprint density at radius 3 is 2.89 bits per heavy atom. The summed E-state index contributed by atoms with van der Waals surface area (Å²) in [5.74, 6) is 1.24. The number of thioether (sulfide) groups is 1. The Morgan fingerprint density at radius 2 is 2.33 bits per heavy atom. The Labute approximate surface area is 117 Å². The molecule has 0 aliphatic rings. The van der Waals surface area contributed by atoms with Crippen molar-refractivity contribution in [1.29, 1.82) is 0 Å². The van der Waals surface area contributed by atoms with Gasteiger partial charge in [0.1, 0.15) is 5.01 Å². The Hall–Kier alpha value is -0.590. The Bertz CT molecular complexity index is 379. The topological polar surface area (TPSA) is 68.0 Å². The molecule has 1 atom stereocenters. The van der Waals surface area contributed by atoms with Gasteiger partial charge in [0.05, 0.1) is 18.3 Å². The number of rotatable bonds is 7. The van der Waals surface area contributed by atoms with Crippen molar-refractivity contribution in [2.75, 3.05) is 12.0 Å². The molecule has 1 heterocycles. The number of nitrogens with one attached hydrogen (secondary N) is 1. The maximum atomic E-state index is 11.7. The molecule has 102 valence electrons. The first-order valence-electron chi connectivity index (χ1n) is 6.01. The first-order valence-corrected chi connectivity index (χ1v) is 8.28. The second-order valence-corrected chi connectivity index (χ2v) is 6.35. The third kappa shape index (κ3) is 4.96. The summed E-state index contributed by atoms with van der Waals surface area (Å²) in [6.07, 6.45) is 2.72. The highest BCUT2D eigenvalue weighted by molar-refractivity contribution is 7.98. The van der Waals surface area contributed by atoms with E-state index in [9.17, 15) is 4.79 Å². The molecule has 0 unspecified atom stereocenters. The van der Waals surface area contributed by atoms with Crippen molar-refractivity contribution in [1.82, 2.24) is 10.3 Å². The molecule has 0 aromatic carbocycles. The van der Waals surface area contributed by atoms with Crippen LogP contribution in [0.25, 0.3) is 0 Å². The van der Waals surface area contributed by atoms with Gasteiger partial charge in [0.25, 0.3) is 0 Å². The Morgan fingerprint density at radius 1 is 1.61 bits per heavy atom. The lowest BCUT2D eigenvalue weighted by Crippen LogP contribution is -2.40. The summed E-state index contributed by atoms with van der Waals surface area (Å²) in [5.41, 5.74) is 6.86. The number of hydrogen-bond acceptors (Lipinski definition) is 5. The van der Waals surface area contributed by atoms with Gasteiger partial charge in [0.2, 0.25) is 5.91 Å². The lowest BCUT2D eigenvalue weighted by molar-refractivity contribution is -0.122. The number of carbonyl (C=O) groups is 1. The second kappa shape index (κ2) is 7.76. The smallest absolute Gasteiger partial charge is 0.237 e. The molecule has 1 amide bonds. The van der Waals surface area contributed by atoms with E-state index in [1.165, 1.54) is 0 Å². The number of hydrogen-bond donors (Lipinski definition) is 2. The highest BCUT2D eigenvalue weighted by atomic mass is 32.2. The van der Waals surface area contributed by atoms with Crippen molar-refractivity contribution in [2.45, 2.75) is 38.8 Å². The average Bonchev–Trinajstić information content (AvgIpc) is 2.81. The van der Waals surface area contributed by atoms with E-state index in [0.29, 0.717) is 18.9 Å². The van der Waals surface area contributed by atoms with Crippen LogP contribution in [0.5, 0.6) is 0 Å². The molecule has 3 N–H and O–H groups in total. The van der Waals surface area contributed by atoms with Crippen molar-refractivity contribution in [3.05, 3.63) is 16.1 Å². The largest absolute Gasteiger partial charge is 0.348 e. The van der Waals surface area contributed by atoms with Gasteiger partial charge in [-0.25, -0.2) is 4.98 Å². The Kier molecular flexibility index (Phi) is 6.67. The van der Waals surface area contributed by atoms with Crippen molar-refractivity contribution in [3.8, 4) is 0 Å². The summed E-state index contributed by atoms with van der Waals surface area (Å²) in [4.78, 5) is 16.2. The van der Waals surface area contributed by atoms with Gasteiger partial charge in [-0.2, -0.15) is 11.8 Å². The second-order valence-electron chi connectivity index (χ2n) is 4.43. The standard InChI is InChI=1S/C12H21N3OS2/c1-8(2)10-7-18-11(15-10)6-14-12(16)9(13)4-5-17-3/h7-9H,4-6,13H2,1-3H3,(H,14,16)/t9-/m0/s1. The maximum absolute atomic E-state index is 11.7. The zero-order valence-electron chi connectivity index (χ0n) is 11.1. The van der Waals surface area contributed by atoms with Crippen LogP contribution in [0, 0.1) is 0 Å². The van der Waals surface area contributed by atoms with Crippen LogP contribution in [-0.4, -0.2) is 28.9 Å². The molecule has 1 aromatic rings. The number of carbonyl (C=O) groups excluding carboxylic acids is 1. The van der Waals surface area contributed by atoms with Gasteiger partial charge < -0.3 is 11.1 Å². The predicted octanol–water partition coefficient (Wildman–Crippen LogP) is 1.96. The van der Waals surface area contributed by atoms with Gasteiger partial charge in [-0.15, -0.1) is 11.3 Å². The van der Waals surface area contributed by atoms with E-state index in [4.69, 9.17) is 5.73 Å². The SMILES string of the molecule is CSCC[C@H](N)C(=O)NCc1nc(C(C)C)cs1.